The molecule has 2 heterocycles. The normalized spacial score (nSPS) is 23.1. The molecule has 19 heavy (non-hydrogen) atoms. The Morgan fingerprint density at radius 3 is 2.74 bits per heavy atom. The average molecular weight is 262 g/mol. The molecule has 2 fully saturated rings. The van der Waals surface area contributed by atoms with Gasteiger partial charge >= 0.3 is 0 Å². The number of carbonyl (C=O) groups is 2. The maximum atomic E-state index is 12.1. The van der Waals surface area contributed by atoms with E-state index >= 15 is 0 Å². The van der Waals surface area contributed by atoms with Crippen molar-refractivity contribution < 1.29 is 9.59 Å². The van der Waals surface area contributed by atoms with E-state index in [1.54, 1.807) is 17.0 Å². The van der Waals surface area contributed by atoms with Crippen LogP contribution in [0.2, 0.25) is 0 Å². The molecule has 1 aromatic rings. The molecule has 0 bridgehead atoms. The first kappa shape index (κ1) is 11.9. The molecular formula is C12H14N4O3. The van der Waals surface area contributed by atoms with E-state index in [1.165, 1.54) is 0 Å². The van der Waals surface area contributed by atoms with Gasteiger partial charge in [0.05, 0.1) is 0 Å². The van der Waals surface area contributed by atoms with Crippen molar-refractivity contribution in [2.24, 2.45) is 0 Å². The van der Waals surface area contributed by atoms with Gasteiger partial charge in [0.1, 0.15) is 6.04 Å². The maximum Gasteiger partial charge on any atom is 0.293 e. The van der Waals surface area contributed by atoms with Crippen LogP contribution in [0.4, 0.5) is 5.82 Å². The second kappa shape index (κ2) is 4.49. The van der Waals surface area contributed by atoms with E-state index in [1.807, 2.05) is 0 Å². The van der Waals surface area contributed by atoms with Crippen LogP contribution >= 0.6 is 0 Å². The zero-order valence-electron chi connectivity index (χ0n) is 10.3. The number of hydrogen-bond donors (Lipinski definition) is 2. The molecule has 7 heteroatoms. The van der Waals surface area contributed by atoms with Gasteiger partial charge in [-0.15, -0.1) is 0 Å². The molecule has 2 amide bonds. The SMILES string of the molecule is O=C1CCC(Nc2nccn(C3CC3)c2=O)C(=O)N1. The first-order chi connectivity index (χ1) is 9.15. The first-order valence-corrected chi connectivity index (χ1v) is 6.32. The quantitative estimate of drug-likeness (QED) is 0.735. The molecule has 1 saturated carbocycles. The van der Waals surface area contributed by atoms with Crippen LogP contribution in [0.15, 0.2) is 17.2 Å². The van der Waals surface area contributed by atoms with Gasteiger partial charge < -0.3 is 9.88 Å². The van der Waals surface area contributed by atoms with Crippen LogP contribution in [0, 0.1) is 0 Å². The number of piperidine rings is 1. The zero-order chi connectivity index (χ0) is 13.4. The number of aromatic nitrogens is 2. The monoisotopic (exact) mass is 262 g/mol. The number of anilines is 1. The van der Waals surface area contributed by atoms with Crippen molar-refractivity contribution in [2.75, 3.05) is 5.32 Å². The number of imide groups is 1. The molecule has 1 aliphatic carbocycles. The molecule has 0 radical (unpaired) electrons. The van der Waals surface area contributed by atoms with Crippen molar-refractivity contribution in [3.05, 3.63) is 22.7 Å². The zero-order valence-corrected chi connectivity index (χ0v) is 10.3. The lowest BCUT2D eigenvalue weighted by atomic mass is 10.1. The Morgan fingerprint density at radius 1 is 1.26 bits per heavy atom. The highest BCUT2D eigenvalue weighted by Gasteiger charge is 2.29. The Bertz CT molecular complexity index is 591. The summed E-state index contributed by atoms with van der Waals surface area (Å²) in [5, 5.41) is 5.08. The Labute approximate surface area is 109 Å². The standard InChI is InChI=1S/C12H14N4O3/c17-9-4-3-8(11(18)15-9)14-10-12(19)16(6-5-13-10)7-1-2-7/h5-8H,1-4H2,(H,13,14)(H,15,17,18). The van der Waals surface area contributed by atoms with Crippen molar-refractivity contribution in [1.82, 2.24) is 14.9 Å². The van der Waals surface area contributed by atoms with Gasteiger partial charge in [-0.1, -0.05) is 0 Å². The summed E-state index contributed by atoms with van der Waals surface area (Å²) in [5.41, 5.74) is -0.213. The molecule has 0 spiro atoms. The summed E-state index contributed by atoms with van der Waals surface area (Å²) in [6, 6.07) is -0.314. The molecule has 3 rings (SSSR count). The summed E-state index contributed by atoms with van der Waals surface area (Å²) in [6.45, 7) is 0. The van der Waals surface area contributed by atoms with E-state index in [9.17, 15) is 14.4 Å². The second-order valence-electron chi connectivity index (χ2n) is 4.87. The van der Waals surface area contributed by atoms with Gasteiger partial charge in [-0.2, -0.15) is 0 Å². The minimum atomic E-state index is -0.576. The number of nitrogens with zero attached hydrogens (tertiary/aromatic N) is 2. The van der Waals surface area contributed by atoms with Gasteiger partial charge in [0.15, 0.2) is 5.82 Å². The van der Waals surface area contributed by atoms with Gasteiger partial charge in [-0.25, -0.2) is 4.98 Å². The molecule has 0 aromatic carbocycles. The minimum absolute atomic E-state index is 0.170. The third-order valence-electron chi connectivity index (χ3n) is 3.36. The van der Waals surface area contributed by atoms with Gasteiger partial charge in [0.25, 0.3) is 5.56 Å². The molecule has 1 unspecified atom stereocenters. The highest BCUT2D eigenvalue weighted by Crippen LogP contribution is 2.33. The number of rotatable bonds is 3. The molecule has 2 aliphatic rings. The Hall–Kier alpha value is -2.18. The highest BCUT2D eigenvalue weighted by atomic mass is 16.2. The van der Waals surface area contributed by atoms with Gasteiger partial charge in [0.2, 0.25) is 11.8 Å². The van der Waals surface area contributed by atoms with Crippen LogP contribution in [0.1, 0.15) is 31.7 Å². The highest BCUT2D eigenvalue weighted by molar-refractivity contribution is 6.01. The largest absolute Gasteiger partial charge is 0.354 e. The number of nitrogens with one attached hydrogen (secondary N) is 2. The summed E-state index contributed by atoms with van der Waals surface area (Å²) < 4.78 is 1.64. The van der Waals surface area contributed by atoms with Crippen molar-refractivity contribution in [3.8, 4) is 0 Å². The summed E-state index contributed by atoms with van der Waals surface area (Å²) in [5.74, 6) is -0.511. The maximum absolute atomic E-state index is 12.1. The summed E-state index contributed by atoms with van der Waals surface area (Å²) in [7, 11) is 0. The van der Waals surface area contributed by atoms with E-state index in [4.69, 9.17) is 0 Å². The second-order valence-corrected chi connectivity index (χ2v) is 4.87. The molecule has 1 atom stereocenters. The van der Waals surface area contributed by atoms with Crippen molar-refractivity contribution in [3.63, 3.8) is 0 Å². The number of carbonyl (C=O) groups excluding carboxylic acids is 2. The lowest BCUT2D eigenvalue weighted by molar-refractivity contribution is -0.133. The van der Waals surface area contributed by atoms with E-state index in [0.29, 0.717) is 6.42 Å². The molecular weight excluding hydrogens is 248 g/mol. The third kappa shape index (κ3) is 2.35. The fraction of sp³-hybridized carbons (Fsp3) is 0.500. The minimum Gasteiger partial charge on any atom is -0.354 e. The molecule has 2 N–H and O–H groups in total. The van der Waals surface area contributed by atoms with Crippen LogP contribution in [-0.4, -0.2) is 27.4 Å². The molecule has 7 nitrogen and oxygen atoms in total. The lowest BCUT2D eigenvalue weighted by Crippen LogP contribution is -2.48. The van der Waals surface area contributed by atoms with Crippen LogP contribution in [-0.2, 0) is 9.59 Å². The summed E-state index contributed by atoms with van der Waals surface area (Å²) in [4.78, 5) is 38.8. The van der Waals surface area contributed by atoms with Gasteiger partial charge in [0, 0.05) is 24.9 Å². The van der Waals surface area contributed by atoms with Crippen molar-refractivity contribution >= 4 is 17.6 Å². The predicted octanol–water partition coefficient (Wildman–Crippen LogP) is -0.205. The molecule has 1 aliphatic heterocycles. The van der Waals surface area contributed by atoms with Crippen molar-refractivity contribution in [2.45, 2.75) is 37.8 Å². The smallest absolute Gasteiger partial charge is 0.293 e. The Morgan fingerprint density at radius 2 is 2.05 bits per heavy atom. The van der Waals surface area contributed by atoms with E-state index < -0.39 is 11.9 Å². The summed E-state index contributed by atoms with van der Waals surface area (Å²) in [6.07, 6.45) is 5.87. The molecule has 100 valence electrons. The van der Waals surface area contributed by atoms with Crippen molar-refractivity contribution in [1.29, 1.82) is 0 Å². The van der Waals surface area contributed by atoms with Gasteiger partial charge in [-0.3, -0.25) is 19.7 Å². The Balaban J connectivity index is 1.80. The van der Waals surface area contributed by atoms with Crippen LogP contribution in [0.25, 0.3) is 0 Å². The van der Waals surface area contributed by atoms with E-state index in [-0.39, 0.29) is 29.7 Å². The lowest BCUT2D eigenvalue weighted by Gasteiger charge is -2.22. The number of hydrogen-bond acceptors (Lipinski definition) is 5. The fourth-order valence-corrected chi connectivity index (χ4v) is 2.16. The molecule has 1 saturated heterocycles. The fourth-order valence-electron chi connectivity index (χ4n) is 2.16. The molecule has 1 aromatic heterocycles. The van der Waals surface area contributed by atoms with Gasteiger partial charge in [-0.05, 0) is 19.3 Å². The van der Waals surface area contributed by atoms with E-state index in [2.05, 4.69) is 15.6 Å². The van der Waals surface area contributed by atoms with Crippen LogP contribution < -0.4 is 16.2 Å². The van der Waals surface area contributed by atoms with Crippen LogP contribution in [0.5, 0.6) is 0 Å². The average Bonchev–Trinajstić information content (AvgIpc) is 3.19. The van der Waals surface area contributed by atoms with Crippen LogP contribution in [0.3, 0.4) is 0 Å². The first-order valence-electron chi connectivity index (χ1n) is 6.32. The summed E-state index contributed by atoms with van der Waals surface area (Å²) >= 11 is 0. The Kier molecular flexibility index (Phi) is 2.81. The number of amides is 2. The third-order valence-corrected chi connectivity index (χ3v) is 3.36. The predicted molar refractivity (Wildman–Crippen MR) is 66.6 cm³/mol. The van der Waals surface area contributed by atoms with E-state index in [0.717, 1.165) is 12.8 Å². The topological polar surface area (TPSA) is 93.1 Å².